The fraction of sp³-hybridized carbons (Fsp3) is 1.00. The molecule has 0 unspecified atom stereocenters. The van der Waals surface area contributed by atoms with Crippen molar-refractivity contribution in [3.05, 3.63) is 0 Å². The molecule has 1 aliphatic carbocycles. The van der Waals surface area contributed by atoms with Gasteiger partial charge in [-0.2, -0.15) is 0 Å². The molecule has 82 valence electrons. The van der Waals surface area contributed by atoms with Crippen LogP contribution in [-0.2, 0) is 10.8 Å². The predicted octanol–water partition coefficient (Wildman–Crippen LogP) is 1.63. The molecular formula is C11H21NOS. The molecule has 2 aliphatic rings. The Morgan fingerprint density at radius 3 is 2.21 bits per heavy atom. The topological polar surface area (TPSA) is 20.3 Å². The van der Waals surface area contributed by atoms with E-state index in [1.165, 1.54) is 25.7 Å². The van der Waals surface area contributed by atoms with E-state index in [2.05, 4.69) is 11.8 Å². The Kier molecular flexibility index (Phi) is 3.61. The highest BCUT2D eigenvalue weighted by Gasteiger charge is 2.26. The third kappa shape index (κ3) is 2.57. The Balaban J connectivity index is 1.81. The molecule has 0 aromatic rings. The Labute approximate surface area is 89.5 Å². The standard InChI is InChI=1S/C11H21NOS/c1-10-2-4-11(5-3-10)12-6-8-14(13)9-7-12/h10-11H,2-9H2,1H3. The van der Waals surface area contributed by atoms with Crippen LogP contribution in [-0.4, -0.2) is 39.7 Å². The molecule has 3 heteroatoms. The van der Waals surface area contributed by atoms with Gasteiger partial charge in [-0.25, -0.2) is 0 Å². The average molecular weight is 215 g/mol. The Bertz CT molecular complexity index is 201. The van der Waals surface area contributed by atoms with Crippen molar-refractivity contribution in [3.8, 4) is 0 Å². The van der Waals surface area contributed by atoms with Crippen molar-refractivity contribution in [1.29, 1.82) is 0 Å². The summed E-state index contributed by atoms with van der Waals surface area (Å²) < 4.78 is 11.2. The summed E-state index contributed by atoms with van der Waals surface area (Å²) in [6.07, 6.45) is 5.52. The quantitative estimate of drug-likeness (QED) is 0.662. The maximum absolute atomic E-state index is 11.2. The summed E-state index contributed by atoms with van der Waals surface area (Å²) in [5, 5.41) is 0. The summed E-state index contributed by atoms with van der Waals surface area (Å²) in [7, 11) is -0.514. The molecule has 2 rings (SSSR count). The molecule has 0 spiro atoms. The van der Waals surface area contributed by atoms with Crippen LogP contribution in [0, 0.1) is 5.92 Å². The van der Waals surface area contributed by atoms with E-state index in [0.29, 0.717) is 0 Å². The molecule has 1 aliphatic heterocycles. The fourth-order valence-corrected chi connectivity index (χ4v) is 3.71. The van der Waals surface area contributed by atoms with E-state index < -0.39 is 10.8 Å². The summed E-state index contributed by atoms with van der Waals surface area (Å²) in [6.45, 7) is 4.51. The lowest BCUT2D eigenvalue weighted by molar-refractivity contribution is 0.151. The minimum atomic E-state index is -0.514. The van der Waals surface area contributed by atoms with Gasteiger partial charge in [0.25, 0.3) is 0 Å². The van der Waals surface area contributed by atoms with Crippen LogP contribution in [0.5, 0.6) is 0 Å². The Morgan fingerprint density at radius 2 is 1.64 bits per heavy atom. The number of rotatable bonds is 1. The summed E-state index contributed by atoms with van der Waals surface area (Å²) in [5.41, 5.74) is 0. The molecule has 14 heavy (non-hydrogen) atoms. The van der Waals surface area contributed by atoms with E-state index in [1.807, 2.05) is 0 Å². The average Bonchev–Trinajstić information content (AvgIpc) is 2.21. The fourth-order valence-electron chi connectivity index (χ4n) is 2.62. The molecule has 1 saturated carbocycles. The van der Waals surface area contributed by atoms with Crippen molar-refractivity contribution in [1.82, 2.24) is 4.90 Å². The molecule has 0 radical (unpaired) electrons. The van der Waals surface area contributed by atoms with Gasteiger partial charge in [0.1, 0.15) is 0 Å². The van der Waals surface area contributed by atoms with Gasteiger partial charge in [0.2, 0.25) is 0 Å². The minimum absolute atomic E-state index is 0.514. The Morgan fingerprint density at radius 1 is 1.07 bits per heavy atom. The SMILES string of the molecule is CC1CCC(N2CCS(=O)CC2)CC1. The van der Waals surface area contributed by atoms with Gasteiger partial charge in [-0.1, -0.05) is 6.92 Å². The first-order valence-electron chi connectivity index (χ1n) is 5.85. The molecule has 0 bridgehead atoms. The van der Waals surface area contributed by atoms with E-state index >= 15 is 0 Å². The van der Waals surface area contributed by atoms with Crippen LogP contribution in [0.2, 0.25) is 0 Å². The Hall–Kier alpha value is 0.110. The molecule has 1 saturated heterocycles. The van der Waals surface area contributed by atoms with Gasteiger partial charge >= 0.3 is 0 Å². The molecule has 0 aromatic carbocycles. The summed E-state index contributed by atoms with van der Waals surface area (Å²) in [5.74, 6) is 2.75. The van der Waals surface area contributed by atoms with E-state index in [4.69, 9.17) is 0 Å². The lowest BCUT2D eigenvalue weighted by Gasteiger charge is -2.37. The smallest absolute Gasteiger partial charge is 0.0363 e. The van der Waals surface area contributed by atoms with E-state index in [9.17, 15) is 4.21 Å². The molecule has 2 nitrogen and oxygen atoms in total. The van der Waals surface area contributed by atoms with Crippen molar-refractivity contribution in [3.63, 3.8) is 0 Å². The predicted molar refractivity (Wildman–Crippen MR) is 60.9 cm³/mol. The van der Waals surface area contributed by atoms with Crippen LogP contribution < -0.4 is 0 Å². The van der Waals surface area contributed by atoms with Crippen LogP contribution in [0.4, 0.5) is 0 Å². The van der Waals surface area contributed by atoms with Crippen LogP contribution >= 0.6 is 0 Å². The second-order valence-electron chi connectivity index (χ2n) is 4.80. The van der Waals surface area contributed by atoms with Crippen LogP contribution in [0.1, 0.15) is 32.6 Å². The third-order valence-electron chi connectivity index (χ3n) is 3.71. The normalized spacial score (nSPS) is 37.2. The van der Waals surface area contributed by atoms with Crippen LogP contribution in [0.3, 0.4) is 0 Å². The summed E-state index contributed by atoms with van der Waals surface area (Å²) in [4.78, 5) is 2.58. The molecular weight excluding hydrogens is 194 g/mol. The van der Waals surface area contributed by atoms with Gasteiger partial charge in [0.15, 0.2) is 0 Å². The van der Waals surface area contributed by atoms with Crippen molar-refractivity contribution in [2.75, 3.05) is 24.6 Å². The van der Waals surface area contributed by atoms with Crippen molar-refractivity contribution < 1.29 is 4.21 Å². The van der Waals surface area contributed by atoms with Crippen molar-refractivity contribution >= 4 is 10.8 Å². The molecule has 2 fully saturated rings. The van der Waals surface area contributed by atoms with E-state index in [0.717, 1.165) is 36.6 Å². The monoisotopic (exact) mass is 215 g/mol. The third-order valence-corrected chi connectivity index (χ3v) is 4.99. The van der Waals surface area contributed by atoms with Gasteiger partial charge < -0.3 is 0 Å². The van der Waals surface area contributed by atoms with Gasteiger partial charge in [-0.3, -0.25) is 9.11 Å². The second-order valence-corrected chi connectivity index (χ2v) is 6.49. The van der Waals surface area contributed by atoms with Gasteiger partial charge in [0.05, 0.1) is 0 Å². The second kappa shape index (κ2) is 4.75. The minimum Gasteiger partial charge on any atom is -0.299 e. The first-order valence-corrected chi connectivity index (χ1v) is 7.33. The highest BCUT2D eigenvalue weighted by atomic mass is 32.2. The zero-order chi connectivity index (χ0) is 9.97. The maximum Gasteiger partial charge on any atom is 0.0363 e. The summed E-state index contributed by atoms with van der Waals surface area (Å²) in [6, 6.07) is 0.809. The molecule has 0 amide bonds. The molecule has 0 N–H and O–H groups in total. The van der Waals surface area contributed by atoms with Gasteiger partial charge in [0, 0.05) is 41.4 Å². The number of nitrogens with zero attached hydrogens (tertiary/aromatic N) is 1. The van der Waals surface area contributed by atoms with Gasteiger partial charge in [-0.15, -0.1) is 0 Å². The van der Waals surface area contributed by atoms with Gasteiger partial charge in [-0.05, 0) is 31.6 Å². The zero-order valence-electron chi connectivity index (χ0n) is 9.08. The largest absolute Gasteiger partial charge is 0.299 e. The van der Waals surface area contributed by atoms with E-state index in [-0.39, 0.29) is 0 Å². The van der Waals surface area contributed by atoms with Crippen LogP contribution in [0.25, 0.3) is 0 Å². The molecule has 0 aromatic heterocycles. The molecule has 1 heterocycles. The lowest BCUT2D eigenvalue weighted by atomic mass is 9.86. The summed E-state index contributed by atoms with van der Waals surface area (Å²) >= 11 is 0. The number of hydrogen-bond donors (Lipinski definition) is 0. The first kappa shape index (κ1) is 10.6. The lowest BCUT2D eigenvalue weighted by Crippen LogP contribution is -2.45. The first-order chi connectivity index (χ1) is 6.75. The zero-order valence-corrected chi connectivity index (χ0v) is 9.89. The highest BCUT2D eigenvalue weighted by Crippen LogP contribution is 2.27. The van der Waals surface area contributed by atoms with Crippen molar-refractivity contribution in [2.45, 2.75) is 38.6 Å². The molecule has 0 atom stereocenters. The number of hydrogen-bond acceptors (Lipinski definition) is 2. The maximum atomic E-state index is 11.2. The van der Waals surface area contributed by atoms with E-state index in [1.54, 1.807) is 0 Å². The highest BCUT2D eigenvalue weighted by molar-refractivity contribution is 7.85. The van der Waals surface area contributed by atoms with Crippen molar-refractivity contribution in [2.24, 2.45) is 5.92 Å². The van der Waals surface area contributed by atoms with Crippen LogP contribution in [0.15, 0.2) is 0 Å².